The molecule has 1 amide bonds. The third-order valence-corrected chi connectivity index (χ3v) is 5.10. The van der Waals surface area contributed by atoms with Crippen LogP contribution >= 0.6 is 0 Å². The van der Waals surface area contributed by atoms with Crippen molar-refractivity contribution in [2.75, 3.05) is 13.7 Å². The van der Waals surface area contributed by atoms with Gasteiger partial charge in [0.05, 0.1) is 18.7 Å². The molecule has 0 bridgehead atoms. The molecule has 0 unspecified atom stereocenters. The molecule has 5 nitrogen and oxygen atoms in total. The summed E-state index contributed by atoms with van der Waals surface area (Å²) in [5.41, 5.74) is 4.36. The number of aromatic nitrogens is 1. The van der Waals surface area contributed by atoms with E-state index in [2.05, 4.69) is 9.98 Å². The summed E-state index contributed by atoms with van der Waals surface area (Å²) in [5.74, 6) is -0.504. The Morgan fingerprint density at radius 2 is 2.00 bits per heavy atom. The Morgan fingerprint density at radius 3 is 2.77 bits per heavy atom. The van der Waals surface area contributed by atoms with Gasteiger partial charge in [-0.05, 0) is 35.7 Å². The van der Waals surface area contributed by atoms with E-state index >= 15 is 0 Å². The Labute approximate surface area is 174 Å². The van der Waals surface area contributed by atoms with E-state index in [1.165, 1.54) is 17.0 Å². The molecule has 0 saturated heterocycles. The molecule has 0 fully saturated rings. The monoisotopic (exact) mass is 403 g/mol. The number of carbonyl (C=O) groups excluding carboxylic acids is 1. The number of halogens is 1. The van der Waals surface area contributed by atoms with Gasteiger partial charge < -0.3 is 9.64 Å². The topological polar surface area (TPSA) is 54.8 Å². The van der Waals surface area contributed by atoms with Crippen molar-refractivity contribution in [1.82, 2.24) is 9.88 Å². The van der Waals surface area contributed by atoms with Gasteiger partial charge in [0.15, 0.2) is 0 Å². The molecule has 6 heteroatoms. The highest BCUT2D eigenvalue weighted by atomic mass is 19.1. The zero-order chi connectivity index (χ0) is 21.1. The number of pyridine rings is 1. The highest BCUT2D eigenvalue weighted by molar-refractivity contribution is 5.96. The highest BCUT2D eigenvalue weighted by Gasteiger charge is 2.22. The molecule has 2 heterocycles. The maximum atomic E-state index is 15.0. The van der Waals surface area contributed by atoms with Crippen molar-refractivity contribution in [3.8, 4) is 16.9 Å². The molecule has 1 aromatic heterocycles. The molecule has 0 saturated carbocycles. The van der Waals surface area contributed by atoms with Gasteiger partial charge in [0.25, 0.3) is 5.91 Å². The summed E-state index contributed by atoms with van der Waals surface area (Å²) in [5, 5.41) is 0. The van der Waals surface area contributed by atoms with Crippen molar-refractivity contribution in [2.45, 2.75) is 20.0 Å². The van der Waals surface area contributed by atoms with Gasteiger partial charge in [0.1, 0.15) is 11.6 Å². The van der Waals surface area contributed by atoms with Gasteiger partial charge in [-0.1, -0.05) is 30.3 Å². The van der Waals surface area contributed by atoms with Gasteiger partial charge >= 0.3 is 0 Å². The van der Waals surface area contributed by atoms with Crippen molar-refractivity contribution in [3.05, 3.63) is 82.9 Å². The van der Waals surface area contributed by atoms with E-state index in [1.807, 2.05) is 37.3 Å². The Morgan fingerprint density at radius 1 is 1.20 bits per heavy atom. The highest BCUT2D eigenvalue weighted by Crippen LogP contribution is 2.33. The van der Waals surface area contributed by atoms with Crippen molar-refractivity contribution >= 4 is 12.1 Å². The first-order valence-electron chi connectivity index (χ1n) is 9.81. The molecule has 2 aromatic carbocycles. The zero-order valence-corrected chi connectivity index (χ0v) is 16.9. The van der Waals surface area contributed by atoms with Gasteiger partial charge in [-0.15, -0.1) is 0 Å². The van der Waals surface area contributed by atoms with Crippen molar-refractivity contribution in [3.63, 3.8) is 0 Å². The van der Waals surface area contributed by atoms with Crippen LogP contribution in [-0.2, 0) is 13.1 Å². The second-order valence-corrected chi connectivity index (χ2v) is 7.12. The summed E-state index contributed by atoms with van der Waals surface area (Å²) < 4.78 is 20.7. The minimum Gasteiger partial charge on any atom is -0.493 e. The second kappa shape index (κ2) is 8.45. The molecule has 1 aliphatic heterocycles. The summed E-state index contributed by atoms with van der Waals surface area (Å²) in [6, 6.07) is 12.3. The predicted octanol–water partition coefficient (Wildman–Crippen LogP) is 4.49. The second-order valence-electron chi connectivity index (χ2n) is 7.12. The Hall–Kier alpha value is -3.54. The van der Waals surface area contributed by atoms with Crippen molar-refractivity contribution in [1.29, 1.82) is 0 Å². The smallest absolute Gasteiger partial charge is 0.257 e. The fourth-order valence-electron chi connectivity index (χ4n) is 3.59. The van der Waals surface area contributed by atoms with Crippen LogP contribution in [0.1, 0.15) is 34.0 Å². The minimum absolute atomic E-state index is 0.0163. The first-order valence-corrected chi connectivity index (χ1v) is 9.81. The van der Waals surface area contributed by atoms with Crippen LogP contribution in [0.25, 0.3) is 11.1 Å². The third-order valence-electron chi connectivity index (χ3n) is 5.10. The van der Waals surface area contributed by atoms with E-state index in [9.17, 15) is 9.18 Å². The fraction of sp³-hybridized carbons (Fsp3) is 0.208. The number of ether oxygens (including phenoxy) is 1. The number of hydrogen-bond donors (Lipinski definition) is 0. The molecular formula is C24H22FN3O2. The molecular weight excluding hydrogens is 381 g/mol. The fourth-order valence-corrected chi connectivity index (χ4v) is 3.59. The number of nitrogens with zero attached hydrogens (tertiary/aromatic N) is 3. The van der Waals surface area contributed by atoms with Crippen LogP contribution in [-0.4, -0.2) is 35.7 Å². The average molecular weight is 403 g/mol. The van der Waals surface area contributed by atoms with Gasteiger partial charge in [-0.2, -0.15) is 0 Å². The van der Waals surface area contributed by atoms with Crippen molar-refractivity contribution in [2.24, 2.45) is 4.99 Å². The molecule has 0 radical (unpaired) electrons. The molecule has 0 N–H and O–H groups in total. The van der Waals surface area contributed by atoms with E-state index in [0.29, 0.717) is 31.0 Å². The summed E-state index contributed by atoms with van der Waals surface area (Å²) in [4.78, 5) is 23.0. The summed E-state index contributed by atoms with van der Waals surface area (Å²) in [7, 11) is 1.66. The van der Waals surface area contributed by atoms with Crippen LogP contribution in [0.3, 0.4) is 0 Å². The zero-order valence-electron chi connectivity index (χ0n) is 16.9. The Bertz CT molecular complexity index is 1110. The van der Waals surface area contributed by atoms with Crippen molar-refractivity contribution < 1.29 is 13.9 Å². The van der Waals surface area contributed by atoms with Crippen LogP contribution in [0.5, 0.6) is 5.75 Å². The summed E-state index contributed by atoms with van der Waals surface area (Å²) in [6.07, 6.45) is 5.27. The Kier molecular flexibility index (Phi) is 5.57. The van der Waals surface area contributed by atoms with Gasteiger partial charge in [-0.25, -0.2) is 4.39 Å². The van der Waals surface area contributed by atoms with Crippen LogP contribution < -0.4 is 4.74 Å². The van der Waals surface area contributed by atoms with E-state index in [4.69, 9.17) is 4.74 Å². The number of aliphatic imine (C=N–C) groups is 1. The number of hydrogen-bond acceptors (Lipinski definition) is 4. The molecule has 0 atom stereocenters. The molecule has 152 valence electrons. The summed E-state index contributed by atoms with van der Waals surface area (Å²) >= 11 is 0. The maximum absolute atomic E-state index is 15.0. The average Bonchev–Trinajstić information content (AvgIpc) is 3.25. The summed E-state index contributed by atoms with van der Waals surface area (Å²) in [6.45, 7) is 3.17. The lowest BCUT2D eigenvalue weighted by atomic mass is 10.0. The van der Waals surface area contributed by atoms with E-state index in [-0.39, 0.29) is 5.56 Å². The quantitative estimate of drug-likeness (QED) is 0.609. The predicted molar refractivity (Wildman–Crippen MR) is 114 cm³/mol. The molecule has 30 heavy (non-hydrogen) atoms. The lowest BCUT2D eigenvalue weighted by Gasteiger charge is -2.20. The van der Waals surface area contributed by atoms with Crippen LogP contribution in [0.4, 0.5) is 4.39 Å². The number of benzene rings is 2. The molecule has 4 rings (SSSR count). The number of carbonyl (C=O) groups is 1. The van der Waals surface area contributed by atoms with Gasteiger partial charge in [-0.3, -0.25) is 14.8 Å². The number of amides is 1. The molecule has 0 aliphatic carbocycles. The minimum atomic E-state index is -0.575. The largest absolute Gasteiger partial charge is 0.493 e. The first-order chi connectivity index (χ1) is 14.6. The number of fused-ring (bicyclic) bond motifs is 1. The van der Waals surface area contributed by atoms with Gasteiger partial charge in [0, 0.05) is 43.3 Å². The maximum Gasteiger partial charge on any atom is 0.257 e. The first kappa shape index (κ1) is 19.8. The standard InChI is InChI=1S/C24H22FN3O2/c1-3-30-23-10-20(22(25)9-19(23)16-7-5-4-6-8-16)24(29)28(2)15-18-13-26-11-17-12-27-14-21(17)18/h4-13H,3,14-15H2,1-2H3. The lowest BCUT2D eigenvalue weighted by Crippen LogP contribution is -2.27. The molecule has 1 aliphatic rings. The van der Waals surface area contributed by atoms with Crippen LogP contribution in [0.2, 0.25) is 0 Å². The van der Waals surface area contributed by atoms with Crippen LogP contribution in [0, 0.1) is 5.82 Å². The molecule has 0 spiro atoms. The SMILES string of the molecule is CCOc1cc(C(=O)N(C)Cc2cncc3c2CN=C3)c(F)cc1-c1ccccc1. The third kappa shape index (κ3) is 3.81. The van der Waals surface area contributed by atoms with E-state index in [0.717, 1.165) is 22.3 Å². The number of rotatable bonds is 6. The van der Waals surface area contributed by atoms with E-state index in [1.54, 1.807) is 25.7 Å². The lowest BCUT2D eigenvalue weighted by molar-refractivity contribution is 0.0779. The van der Waals surface area contributed by atoms with Gasteiger partial charge in [0.2, 0.25) is 0 Å². The Balaban J connectivity index is 1.64. The molecule has 3 aromatic rings. The van der Waals surface area contributed by atoms with E-state index < -0.39 is 11.7 Å². The normalized spacial score (nSPS) is 12.0. The van der Waals surface area contributed by atoms with Crippen LogP contribution in [0.15, 0.2) is 59.9 Å².